The van der Waals surface area contributed by atoms with Gasteiger partial charge in [0.05, 0.1) is 16.3 Å². The lowest BCUT2D eigenvalue weighted by Crippen LogP contribution is -2.47. The van der Waals surface area contributed by atoms with E-state index < -0.39 is 10.0 Å². The zero-order chi connectivity index (χ0) is 22.0. The molecule has 2 aromatic carbocycles. The summed E-state index contributed by atoms with van der Waals surface area (Å²) >= 11 is 1.45. The zero-order valence-corrected chi connectivity index (χ0v) is 18.8. The van der Waals surface area contributed by atoms with E-state index in [2.05, 4.69) is 10.2 Å². The van der Waals surface area contributed by atoms with Gasteiger partial charge in [-0.3, -0.25) is 9.59 Å². The fraction of sp³-hybridized carbons (Fsp3) is 0.333. The molecule has 1 N–H and O–H groups in total. The second-order valence-corrected chi connectivity index (χ2v) is 10.5. The Morgan fingerprint density at radius 1 is 1.06 bits per heavy atom. The Morgan fingerprint density at radius 3 is 2.58 bits per heavy atom. The molecule has 2 aliphatic rings. The van der Waals surface area contributed by atoms with Crippen molar-refractivity contribution < 1.29 is 18.0 Å². The van der Waals surface area contributed by atoms with E-state index in [9.17, 15) is 18.0 Å². The first-order valence-electron chi connectivity index (χ1n) is 9.95. The van der Waals surface area contributed by atoms with Crippen LogP contribution in [0, 0.1) is 0 Å². The third kappa shape index (κ3) is 4.77. The van der Waals surface area contributed by atoms with Crippen molar-refractivity contribution in [1.82, 2.24) is 9.21 Å². The number of amides is 2. The molecule has 10 heteroatoms. The molecule has 1 saturated heterocycles. The second kappa shape index (κ2) is 8.99. The number of likely N-dealkylation sites (N-methyl/N-ethyl adjacent to an activating group) is 1. The maximum atomic E-state index is 13.0. The van der Waals surface area contributed by atoms with Crippen molar-refractivity contribution in [2.24, 2.45) is 0 Å². The summed E-state index contributed by atoms with van der Waals surface area (Å²) < 4.78 is 27.4. The summed E-state index contributed by atoms with van der Waals surface area (Å²) in [5, 5.41) is 2.73. The number of nitrogens with zero attached hydrogens (tertiary/aromatic N) is 3. The average molecular weight is 461 g/mol. The van der Waals surface area contributed by atoms with Gasteiger partial charge in [0, 0.05) is 36.8 Å². The highest BCUT2D eigenvalue weighted by Gasteiger charge is 2.28. The van der Waals surface area contributed by atoms with Crippen LogP contribution in [0.4, 0.5) is 11.4 Å². The van der Waals surface area contributed by atoms with Gasteiger partial charge in [-0.15, -0.1) is 11.8 Å². The highest BCUT2D eigenvalue weighted by molar-refractivity contribution is 8.00. The minimum absolute atomic E-state index is 0.133. The van der Waals surface area contributed by atoms with Gasteiger partial charge in [-0.05, 0) is 37.4 Å². The Labute approximate surface area is 186 Å². The van der Waals surface area contributed by atoms with Gasteiger partial charge < -0.3 is 15.1 Å². The lowest BCUT2D eigenvalue weighted by Gasteiger charge is -2.31. The first-order valence-corrected chi connectivity index (χ1v) is 12.4. The summed E-state index contributed by atoms with van der Waals surface area (Å²) in [6.07, 6.45) is 0. The van der Waals surface area contributed by atoms with Crippen LogP contribution in [0.1, 0.15) is 0 Å². The van der Waals surface area contributed by atoms with Crippen molar-refractivity contribution in [1.29, 1.82) is 0 Å². The minimum Gasteiger partial charge on any atom is -0.324 e. The van der Waals surface area contributed by atoms with Gasteiger partial charge in [-0.1, -0.05) is 18.2 Å². The lowest BCUT2D eigenvalue weighted by molar-refractivity contribution is -0.120. The summed E-state index contributed by atoms with van der Waals surface area (Å²) in [6.45, 7) is 2.10. The maximum Gasteiger partial charge on any atom is 0.244 e. The number of para-hydroxylation sites is 1. The van der Waals surface area contributed by atoms with Crippen molar-refractivity contribution in [2.75, 3.05) is 55.7 Å². The molecule has 2 amide bonds. The number of hydrogen-bond acceptors (Lipinski definition) is 6. The Morgan fingerprint density at radius 2 is 1.81 bits per heavy atom. The van der Waals surface area contributed by atoms with Gasteiger partial charge in [0.1, 0.15) is 6.54 Å². The quantitative estimate of drug-likeness (QED) is 0.731. The highest BCUT2D eigenvalue weighted by Crippen LogP contribution is 2.34. The average Bonchev–Trinajstić information content (AvgIpc) is 2.76. The normalized spacial score (nSPS) is 18.0. The largest absolute Gasteiger partial charge is 0.324 e. The number of fused-ring (bicyclic) bond motifs is 1. The molecule has 0 aliphatic carbocycles. The molecule has 2 heterocycles. The number of hydrogen-bond donors (Lipinski definition) is 1. The number of sulfonamides is 1. The Kier molecular flexibility index (Phi) is 6.33. The number of nitrogens with one attached hydrogen (secondary N) is 1. The van der Waals surface area contributed by atoms with E-state index in [1.807, 2.05) is 31.3 Å². The number of rotatable bonds is 5. The summed E-state index contributed by atoms with van der Waals surface area (Å²) in [4.78, 5) is 29.7. The van der Waals surface area contributed by atoms with Gasteiger partial charge in [0.15, 0.2) is 0 Å². The minimum atomic E-state index is -3.63. The molecule has 0 aromatic heterocycles. The first-order chi connectivity index (χ1) is 14.8. The maximum absolute atomic E-state index is 13.0. The first kappa shape index (κ1) is 21.8. The van der Waals surface area contributed by atoms with E-state index in [1.54, 1.807) is 12.1 Å². The van der Waals surface area contributed by atoms with Gasteiger partial charge in [0.25, 0.3) is 0 Å². The van der Waals surface area contributed by atoms with Crippen LogP contribution < -0.4 is 10.2 Å². The molecular weight excluding hydrogens is 436 g/mol. The topological polar surface area (TPSA) is 90.0 Å². The van der Waals surface area contributed by atoms with Gasteiger partial charge in [-0.2, -0.15) is 4.31 Å². The number of anilines is 2. The molecule has 0 bridgehead atoms. The zero-order valence-electron chi connectivity index (χ0n) is 17.2. The van der Waals surface area contributed by atoms with E-state index in [0.29, 0.717) is 37.6 Å². The smallest absolute Gasteiger partial charge is 0.244 e. The van der Waals surface area contributed by atoms with Crippen LogP contribution >= 0.6 is 11.8 Å². The molecule has 0 atom stereocenters. The predicted molar refractivity (Wildman–Crippen MR) is 121 cm³/mol. The van der Waals surface area contributed by atoms with E-state index in [1.165, 1.54) is 33.1 Å². The number of carbonyl (C=O) groups is 2. The van der Waals surface area contributed by atoms with Gasteiger partial charge in [-0.25, -0.2) is 8.42 Å². The van der Waals surface area contributed by atoms with Crippen LogP contribution in [0.25, 0.3) is 0 Å². The molecule has 0 spiro atoms. The summed E-state index contributed by atoms with van der Waals surface area (Å²) in [7, 11) is -1.67. The second-order valence-electron chi connectivity index (χ2n) is 7.52. The molecule has 8 nitrogen and oxygen atoms in total. The van der Waals surface area contributed by atoms with Crippen molar-refractivity contribution in [2.45, 2.75) is 9.79 Å². The van der Waals surface area contributed by atoms with Crippen molar-refractivity contribution >= 4 is 45.0 Å². The molecule has 0 unspecified atom stereocenters. The molecule has 2 aliphatic heterocycles. The highest BCUT2D eigenvalue weighted by atomic mass is 32.2. The molecular formula is C21H24N4O4S2. The number of thioether (sulfide) groups is 1. The van der Waals surface area contributed by atoms with Crippen LogP contribution in [0.5, 0.6) is 0 Å². The lowest BCUT2D eigenvalue weighted by atomic mass is 10.2. The number of carbonyl (C=O) groups excluding carboxylic acids is 2. The van der Waals surface area contributed by atoms with Crippen molar-refractivity contribution in [3.8, 4) is 0 Å². The fourth-order valence-electron chi connectivity index (χ4n) is 3.58. The molecule has 4 rings (SSSR count). The van der Waals surface area contributed by atoms with Gasteiger partial charge in [0.2, 0.25) is 21.8 Å². The third-order valence-electron chi connectivity index (χ3n) is 5.33. The van der Waals surface area contributed by atoms with E-state index in [0.717, 1.165) is 4.90 Å². The van der Waals surface area contributed by atoms with E-state index in [4.69, 9.17) is 0 Å². The number of benzene rings is 2. The number of piperazine rings is 1. The van der Waals surface area contributed by atoms with Crippen LogP contribution in [-0.4, -0.2) is 75.0 Å². The standard InChI is InChI=1S/C21H24N4O4S2/c1-23-9-11-24(12-10-23)31(28,29)17-6-4-5-16(13-17)22-20(26)14-25-18-7-2-3-8-19(18)30-15-21(25)27/h2-8,13H,9-12,14-15H2,1H3,(H,22,26). The molecule has 2 aromatic rings. The van der Waals surface area contributed by atoms with Crippen LogP contribution in [-0.2, 0) is 19.6 Å². The summed E-state index contributed by atoms with van der Waals surface area (Å²) in [6, 6.07) is 13.7. The van der Waals surface area contributed by atoms with Crippen LogP contribution in [0.3, 0.4) is 0 Å². The molecule has 1 fully saturated rings. The van der Waals surface area contributed by atoms with E-state index >= 15 is 0 Å². The predicted octanol–water partition coefficient (Wildman–Crippen LogP) is 1.70. The Bertz CT molecular complexity index is 1100. The summed E-state index contributed by atoms with van der Waals surface area (Å²) in [5.41, 5.74) is 1.10. The van der Waals surface area contributed by atoms with Gasteiger partial charge >= 0.3 is 0 Å². The molecule has 31 heavy (non-hydrogen) atoms. The SMILES string of the molecule is CN1CCN(S(=O)(=O)c2cccc(NC(=O)CN3C(=O)CSc4ccccc43)c2)CC1. The molecule has 0 saturated carbocycles. The fourth-order valence-corrected chi connectivity index (χ4v) is 5.99. The van der Waals surface area contributed by atoms with Crippen molar-refractivity contribution in [3.05, 3.63) is 48.5 Å². The Balaban J connectivity index is 1.47. The third-order valence-corrected chi connectivity index (χ3v) is 8.27. The molecule has 164 valence electrons. The van der Waals surface area contributed by atoms with Crippen molar-refractivity contribution in [3.63, 3.8) is 0 Å². The van der Waals surface area contributed by atoms with E-state index in [-0.39, 0.29) is 29.0 Å². The Hall–Kier alpha value is -2.40. The molecule has 0 radical (unpaired) electrons. The van der Waals surface area contributed by atoms with Crippen LogP contribution in [0.15, 0.2) is 58.3 Å². The monoisotopic (exact) mass is 460 g/mol. The van der Waals surface area contributed by atoms with Crippen LogP contribution in [0.2, 0.25) is 0 Å². The summed E-state index contributed by atoms with van der Waals surface area (Å²) in [5.74, 6) is -0.238.